The van der Waals surface area contributed by atoms with Gasteiger partial charge in [0.1, 0.15) is 0 Å². The Kier molecular flexibility index (Phi) is 6.28. The van der Waals surface area contributed by atoms with Crippen LogP contribution >= 0.6 is 0 Å². The summed E-state index contributed by atoms with van der Waals surface area (Å²) in [5.74, 6) is 2.48. The largest absolute Gasteiger partial charge is 0.393 e. The minimum atomic E-state index is -0.214. The minimum Gasteiger partial charge on any atom is -0.393 e. The SMILES string of the molecule is C=CCNC(=C)NCc1ccc(C2CC3(C)C(O)CCC3C3CCC4=CC(=O)CCC4=C23)cc1. The maximum atomic E-state index is 12.2. The predicted molar refractivity (Wildman–Crippen MR) is 137 cm³/mol. The molecule has 4 aliphatic rings. The predicted octanol–water partition coefficient (Wildman–Crippen LogP) is 5.28. The van der Waals surface area contributed by atoms with Gasteiger partial charge in [0, 0.05) is 25.4 Å². The van der Waals surface area contributed by atoms with Gasteiger partial charge in [-0.05, 0) is 84.1 Å². The molecule has 1 aromatic carbocycles. The lowest BCUT2D eigenvalue weighted by Gasteiger charge is -2.52. The average Bonchev–Trinajstić information content (AvgIpc) is 3.15. The van der Waals surface area contributed by atoms with Gasteiger partial charge < -0.3 is 15.7 Å². The van der Waals surface area contributed by atoms with E-state index in [2.05, 4.69) is 55.0 Å². The van der Waals surface area contributed by atoms with Crippen molar-refractivity contribution in [1.82, 2.24) is 10.6 Å². The van der Waals surface area contributed by atoms with Crippen LogP contribution in [0.25, 0.3) is 0 Å². The molecule has 0 radical (unpaired) electrons. The van der Waals surface area contributed by atoms with E-state index in [0.717, 1.165) is 50.9 Å². The third kappa shape index (κ3) is 4.07. The van der Waals surface area contributed by atoms with Crippen molar-refractivity contribution in [2.24, 2.45) is 17.3 Å². The molecule has 0 spiro atoms. The molecule has 0 aliphatic heterocycles. The molecule has 4 aliphatic carbocycles. The number of allylic oxidation sites excluding steroid dienone is 4. The molecule has 180 valence electrons. The highest BCUT2D eigenvalue weighted by Gasteiger charge is 2.56. The van der Waals surface area contributed by atoms with Gasteiger partial charge in [0.15, 0.2) is 5.78 Å². The van der Waals surface area contributed by atoms with Crippen LogP contribution in [0, 0.1) is 17.3 Å². The number of nitrogens with one attached hydrogen (secondary N) is 2. The van der Waals surface area contributed by atoms with Crippen LogP contribution in [0.15, 0.2) is 72.1 Å². The first-order valence-corrected chi connectivity index (χ1v) is 12.9. The van der Waals surface area contributed by atoms with E-state index in [0.29, 0.717) is 30.7 Å². The Morgan fingerprint density at radius 1 is 1.15 bits per heavy atom. The first kappa shape index (κ1) is 23.2. The van der Waals surface area contributed by atoms with Crippen LogP contribution in [0.3, 0.4) is 0 Å². The van der Waals surface area contributed by atoms with Gasteiger partial charge >= 0.3 is 0 Å². The van der Waals surface area contributed by atoms with E-state index >= 15 is 0 Å². The van der Waals surface area contributed by atoms with Gasteiger partial charge in [-0.15, -0.1) is 6.58 Å². The number of aliphatic hydroxyl groups is 1. The normalized spacial score (nSPS) is 32.3. The zero-order valence-corrected chi connectivity index (χ0v) is 20.4. The number of aliphatic hydroxyl groups excluding tert-OH is 1. The van der Waals surface area contributed by atoms with Crippen LogP contribution in [0.4, 0.5) is 0 Å². The summed E-state index contributed by atoms with van der Waals surface area (Å²) < 4.78 is 0. The summed E-state index contributed by atoms with van der Waals surface area (Å²) in [6, 6.07) is 8.99. The number of ketones is 1. The summed E-state index contributed by atoms with van der Waals surface area (Å²) in [6.07, 6.45) is 10.2. The molecule has 5 rings (SSSR count). The van der Waals surface area contributed by atoms with E-state index in [-0.39, 0.29) is 17.3 Å². The fraction of sp³-hybridized carbons (Fsp3) is 0.500. The van der Waals surface area contributed by atoms with E-state index in [4.69, 9.17) is 0 Å². The van der Waals surface area contributed by atoms with Crippen LogP contribution < -0.4 is 10.6 Å². The molecule has 34 heavy (non-hydrogen) atoms. The Hall–Kier alpha value is -2.59. The molecule has 0 amide bonds. The molecule has 0 aromatic heterocycles. The highest BCUT2D eigenvalue weighted by atomic mass is 16.3. The third-order valence-electron chi connectivity index (χ3n) is 9.03. The van der Waals surface area contributed by atoms with Crippen molar-refractivity contribution < 1.29 is 9.90 Å². The van der Waals surface area contributed by atoms with Crippen LogP contribution in [0.1, 0.15) is 68.9 Å². The molecular weight excluding hydrogens is 420 g/mol. The standard InChI is InChI=1S/C30H38N2O2/c1-4-15-31-19(2)32-18-20-5-7-21(8-6-20)26-17-30(3)27(13-14-28(30)34)25-11-9-22-16-23(33)10-12-24(22)29(25)26/h4-8,16,25-28,31-32,34H,1-2,9-15,17-18H2,3H3. The zero-order chi connectivity index (χ0) is 23.9. The summed E-state index contributed by atoms with van der Waals surface area (Å²) in [5, 5.41) is 17.5. The van der Waals surface area contributed by atoms with Crippen molar-refractivity contribution >= 4 is 5.78 Å². The number of benzene rings is 1. The van der Waals surface area contributed by atoms with Crippen LogP contribution in [0.5, 0.6) is 0 Å². The van der Waals surface area contributed by atoms with Gasteiger partial charge in [0.05, 0.1) is 11.9 Å². The Bertz CT molecular complexity index is 1050. The van der Waals surface area contributed by atoms with Crippen molar-refractivity contribution in [3.63, 3.8) is 0 Å². The smallest absolute Gasteiger partial charge is 0.156 e. The summed E-state index contributed by atoms with van der Waals surface area (Å²) in [7, 11) is 0. The summed E-state index contributed by atoms with van der Waals surface area (Å²) >= 11 is 0. The second-order valence-corrected chi connectivity index (χ2v) is 10.9. The zero-order valence-electron chi connectivity index (χ0n) is 20.4. The highest BCUT2D eigenvalue weighted by Crippen LogP contribution is 2.63. The van der Waals surface area contributed by atoms with E-state index < -0.39 is 0 Å². The van der Waals surface area contributed by atoms with Crippen molar-refractivity contribution in [1.29, 1.82) is 0 Å². The van der Waals surface area contributed by atoms with Gasteiger partial charge in [-0.25, -0.2) is 0 Å². The third-order valence-corrected chi connectivity index (χ3v) is 9.03. The van der Waals surface area contributed by atoms with Gasteiger partial charge in [0.2, 0.25) is 0 Å². The molecule has 5 unspecified atom stereocenters. The molecular formula is C30H38N2O2. The fourth-order valence-electron chi connectivity index (χ4n) is 7.27. The second-order valence-electron chi connectivity index (χ2n) is 10.9. The van der Waals surface area contributed by atoms with Crippen molar-refractivity contribution in [2.45, 2.75) is 70.4 Å². The molecule has 2 saturated carbocycles. The average molecular weight is 459 g/mol. The number of fused-ring (bicyclic) bond motifs is 4. The van der Waals surface area contributed by atoms with Crippen LogP contribution in [-0.2, 0) is 11.3 Å². The first-order chi connectivity index (χ1) is 16.4. The maximum absolute atomic E-state index is 12.2. The minimum absolute atomic E-state index is 0.0279. The molecule has 2 fully saturated rings. The monoisotopic (exact) mass is 458 g/mol. The van der Waals surface area contributed by atoms with Gasteiger partial charge in [-0.2, -0.15) is 0 Å². The molecule has 4 heteroatoms. The van der Waals surface area contributed by atoms with E-state index in [1.54, 1.807) is 5.57 Å². The molecule has 0 saturated heterocycles. The summed E-state index contributed by atoms with van der Waals surface area (Å²) in [5.41, 5.74) is 6.89. The van der Waals surface area contributed by atoms with Crippen LogP contribution in [-0.4, -0.2) is 23.5 Å². The van der Waals surface area contributed by atoms with Gasteiger partial charge in [-0.1, -0.05) is 49.4 Å². The molecule has 5 atom stereocenters. The number of carbonyl (C=O) groups excluding carboxylic acids is 1. The lowest BCUT2D eigenvalue weighted by molar-refractivity contribution is -0.114. The molecule has 1 aromatic rings. The van der Waals surface area contributed by atoms with Crippen LogP contribution in [0.2, 0.25) is 0 Å². The highest BCUT2D eigenvalue weighted by molar-refractivity contribution is 5.93. The number of hydrogen-bond donors (Lipinski definition) is 3. The topological polar surface area (TPSA) is 61.4 Å². The summed E-state index contributed by atoms with van der Waals surface area (Å²) in [4.78, 5) is 12.2. The first-order valence-electron chi connectivity index (χ1n) is 12.9. The second kappa shape index (κ2) is 9.22. The Labute approximate surface area is 203 Å². The fourth-order valence-corrected chi connectivity index (χ4v) is 7.27. The molecule has 4 nitrogen and oxygen atoms in total. The Morgan fingerprint density at radius 2 is 1.94 bits per heavy atom. The maximum Gasteiger partial charge on any atom is 0.156 e. The van der Waals surface area contributed by atoms with E-state index in [9.17, 15) is 9.90 Å². The van der Waals surface area contributed by atoms with Gasteiger partial charge in [0.25, 0.3) is 0 Å². The van der Waals surface area contributed by atoms with E-state index in [1.807, 2.05) is 12.2 Å². The van der Waals surface area contributed by atoms with Crippen molar-refractivity contribution in [2.75, 3.05) is 6.54 Å². The van der Waals surface area contributed by atoms with E-state index in [1.165, 1.54) is 22.3 Å². The lowest BCUT2D eigenvalue weighted by atomic mass is 9.53. The quantitative estimate of drug-likeness (QED) is 0.486. The Morgan fingerprint density at radius 3 is 2.71 bits per heavy atom. The lowest BCUT2D eigenvalue weighted by Crippen LogP contribution is -2.45. The number of hydrogen-bond acceptors (Lipinski definition) is 4. The Balaban J connectivity index is 1.45. The number of rotatable bonds is 7. The summed E-state index contributed by atoms with van der Waals surface area (Å²) in [6.45, 7) is 11.5. The molecule has 3 N–H and O–H groups in total. The van der Waals surface area contributed by atoms with Crippen molar-refractivity contribution in [3.8, 4) is 0 Å². The van der Waals surface area contributed by atoms with Crippen molar-refractivity contribution in [3.05, 3.63) is 83.2 Å². The molecule has 0 heterocycles. The van der Waals surface area contributed by atoms with Gasteiger partial charge in [-0.3, -0.25) is 4.79 Å². The number of carbonyl (C=O) groups is 1. The molecule has 0 bridgehead atoms.